The first-order chi connectivity index (χ1) is 10.6. The normalized spacial score (nSPS) is 15.2. The molecule has 1 aromatic carbocycles. The standard InChI is InChI=1S/C17H19NO2S2/c1-12-5-6-15-14(9-12)13(10-16(19)20-15)11-22-17(21)18-7-3-2-4-8-18/h5-6,9-10H,2-4,7-8,11H2,1H3. The van der Waals surface area contributed by atoms with Crippen molar-refractivity contribution in [1.29, 1.82) is 0 Å². The monoisotopic (exact) mass is 333 g/mol. The summed E-state index contributed by atoms with van der Waals surface area (Å²) in [5.41, 5.74) is 2.51. The van der Waals surface area contributed by atoms with Gasteiger partial charge in [-0.05, 0) is 43.9 Å². The number of piperidine rings is 1. The quantitative estimate of drug-likeness (QED) is 0.610. The molecule has 1 fully saturated rings. The van der Waals surface area contributed by atoms with Gasteiger partial charge in [0.1, 0.15) is 9.90 Å². The molecule has 5 heteroatoms. The molecular weight excluding hydrogens is 314 g/mol. The number of rotatable bonds is 2. The zero-order valence-electron chi connectivity index (χ0n) is 12.6. The van der Waals surface area contributed by atoms with Gasteiger partial charge in [-0.2, -0.15) is 0 Å². The van der Waals surface area contributed by atoms with Gasteiger partial charge in [0, 0.05) is 30.3 Å². The van der Waals surface area contributed by atoms with Crippen LogP contribution in [-0.4, -0.2) is 22.3 Å². The minimum Gasteiger partial charge on any atom is -0.423 e. The van der Waals surface area contributed by atoms with Crippen LogP contribution in [0, 0.1) is 6.92 Å². The van der Waals surface area contributed by atoms with Crippen LogP contribution in [-0.2, 0) is 5.75 Å². The van der Waals surface area contributed by atoms with E-state index >= 15 is 0 Å². The van der Waals surface area contributed by atoms with Crippen LogP contribution >= 0.6 is 24.0 Å². The Bertz CT molecular complexity index is 748. The van der Waals surface area contributed by atoms with Gasteiger partial charge in [0.15, 0.2) is 0 Å². The Labute approximate surface area is 139 Å². The second-order valence-electron chi connectivity index (χ2n) is 5.69. The number of hydrogen-bond donors (Lipinski definition) is 0. The van der Waals surface area contributed by atoms with Gasteiger partial charge in [-0.1, -0.05) is 35.6 Å². The van der Waals surface area contributed by atoms with Crippen molar-refractivity contribution in [2.24, 2.45) is 0 Å². The largest absolute Gasteiger partial charge is 0.423 e. The van der Waals surface area contributed by atoms with Crippen molar-refractivity contribution in [3.05, 3.63) is 45.8 Å². The van der Waals surface area contributed by atoms with Crippen molar-refractivity contribution in [1.82, 2.24) is 4.90 Å². The predicted molar refractivity (Wildman–Crippen MR) is 96.5 cm³/mol. The molecule has 0 unspecified atom stereocenters. The van der Waals surface area contributed by atoms with Gasteiger partial charge in [0.25, 0.3) is 0 Å². The van der Waals surface area contributed by atoms with Crippen molar-refractivity contribution < 1.29 is 4.42 Å². The van der Waals surface area contributed by atoms with Gasteiger partial charge >= 0.3 is 5.63 Å². The van der Waals surface area contributed by atoms with Crippen LogP contribution in [0.15, 0.2) is 33.5 Å². The van der Waals surface area contributed by atoms with Crippen molar-refractivity contribution >= 4 is 39.3 Å². The van der Waals surface area contributed by atoms with E-state index in [0.29, 0.717) is 11.3 Å². The molecule has 0 spiro atoms. The molecular formula is C17H19NO2S2. The fourth-order valence-corrected chi connectivity index (χ4v) is 4.01. The van der Waals surface area contributed by atoms with Crippen LogP contribution in [0.3, 0.4) is 0 Å². The SMILES string of the molecule is Cc1ccc2oc(=O)cc(CSC(=S)N3CCCCC3)c2c1. The topological polar surface area (TPSA) is 33.5 Å². The first kappa shape index (κ1) is 15.6. The summed E-state index contributed by atoms with van der Waals surface area (Å²) in [7, 11) is 0. The molecule has 0 amide bonds. The van der Waals surface area contributed by atoms with E-state index in [1.54, 1.807) is 17.8 Å². The smallest absolute Gasteiger partial charge is 0.336 e. The lowest BCUT2D eigenvalue weighted by Crippen LogP contribution is -2.32. The maximum Gasteiger partial charge on any atom is 0.336 e. The number of thioether (sulfide) groups is 1. The lowest BCUT2D eigenvalue weighted by Gasteiger charge is -2.28. The van der Waals surface area contributed by atoms with E-state index in [-0.39, 0.29) is 5.63 Å². The molecule has 1 aliphatic heterocycles. The molecule has 0 bridgehead atoms. The van der Waals surface area contributed by atoms with Gasteiger partial charge < -0.3 is 9.32 Å². The number of thiocarbonyl (C=S) groups is 1. The third-order valence-corrected chi connectivity index (χ3v) is 5.52. The Morgan fingerprint density at radius 1 is 1.27 bits per heavy atom. The Balaban J connectivity index is 1.79. The molecule has 1 saturated heterocycles. The molecule has 116 valence electrons. The third kappa shape index (κ3) is 3.52. The van der Waals surface area contributed by atoms with Crippen LogP contribution in [0.2, 0.25) is 0 Å². The summed E-state index contributed by atoms with van der Waals surface area (Å²) in [6.07, 6.45) is 3.74. The lowest BCUT2D eigenvalue weighted by molar-refractivity contribution is 0.352. The highest BCUT2D eigenvalue weighted by molar-refractivity contribution is 8.22. The summed E-state index contributed by atoms with van der Waals surface area (Å²) in [6.45, 7) is 4.16. The summed E-state index contributed by atoms with van der Waals surface area (Å²) < 4.78 is 6.21. The van der Waals surface area contributed by atoms with Gasteiger partial charge in [0.2, 0.25) is 0 Å². The Hall–Kier alpha value is -1.33. The number of hydrogen-bond acceptors (Lipinski definition) is 4. The van der Waals surface area contributed by atoms with Crippen LogP contribution in [0.5, 0.6) is 0 Å². The van der Waals surface area contributed by atoms with Crippen LogP contribution in [0.4, 0.5) is 0 Å². The minimum atomic E-state index is -0.296. The first-order valence-electron chi connectivity index (χ1n) is 7.58. The van der Waals surface area contributed by atoms with Crippen molar-refractivity contribution in [3.63, 3.8) is 0 Å². The Morgan fingerprint density at radius 3 is 2.82 bits per heavy atom. The second-order valence-corrected chi connectivity index (χ2v) is 7.30. The average Bonchev–Trinajstić information content (AvgIpc) is 2.53. The van der Waals surface area contributed by atoms with E-state index < -0.39 is 0 Å². The maximum absolute atomic E-state index is 11.7. The van der Waals surface area contributed by atoms with Crippen LogP contribution in [0.1, 0.15) is 30.4 Å². The number of likely N-dealkylation sites (tertiary alicyclic amines) is 1. The zero-order chi connectivity index (χ0) is 15.5. The molecule has 1 aromatic heterocycles. The highest BCUT2D eigenvalue weighted by atomic mass is 32.2. The molecule has 0 radical (unpaired) electrons. The van der Waals surface area contributed by atoms with Crippen LogP contribution < -0.4 is 5.63 Å². The van der Waals surface area contributed by atoms with Gasteiger partial charge in [-0.25, -0.2) is 4.79 Å². The van der Waals surface area contributed by atoms with Crippen molar-refractivity contribution in [2.75, 3.05) is 13.1 Å². The van der Waals surface area contributed by atoms with E-state index in [0.717, 1.165) is 33.9 Å². The third-order valence-electron chi connectivity index (χ3n) is 3.95. The molecule has 0 aliphatic carbocycles. The summed E-state index contributed by atoms with van der Waals surface area (Å²) in [5, 5.41) is 1.01. The van der Waals surface area contributed by atoms with Crippen molar-refractivity contribution in [2.45, 2.75) is 31.9 Å². The van der Waals surface area contributed by atoms with E-state index in [1.807, 2.05) is 19.1 Å². The summed E-state index contributed by atoms with van der Waals surface area (Å²) in [5.74, 6) is 0.709. The number of benzene rings is 1. The zero-order valence-corrected chi connectivity index (χ0v) is 14.3. The van der Waals surface area contributed by atoms with Gasteiger partial charge in [-0.15, -0.1) is 0 Å². The molecule has 1 aliphatic rings. The fraction of sp³-hybridized carbons (Fsp3) is 0.412. The van der Waals surface area contributed by atoms with E-state index in [1.165, 1.54) is 19.3 Å². The van der Waals surface area contributed by atoms with E-state index in [4.69, 9.17) is 16.6 Å². The molecule has 3 rings (SSSR count). The minimum absolute atomic E-state index is 0.296. The predicted octanol–water partition coefficient (Wildman–Crippen LogP) is 4.11. The molecule has 2 heterocycles. The summed E-state index contributed by atoms with van der Waals surface area (Å²) in [4.78, 5) is 14.0. The molecule has 22 heavy (non-hydrogen) atoms. The average molecular weight is 333 g/mol. The van der Waals surface area contributed by atoms with E-state index in [2.05, 4.69) is 11.0 Å². The summed E-state index contributed by atoms with van der Waals surface area (Å²) >= 11 is 7.18. The number of nitrogens with zero attached hydrogens (tertiary/aromatic N) is 1. The molecule has 0 atom stereocenters. The number of aryl methyl sites for hydroxylation is 1. The molecule has 3 nitrogen and oxygen atoms in total. The van der Waals surface area contributed by atoms with Crippen molar-refractivity contribution in [3.8, 4) is 0 Å². The fourth-order valence-electron chi connectivity index (χ4n) is 2.77. The lowest BCUT2D eigenvalue weighted by atomic mass is 10.1. The molecule has 2 aromatic rings. The first-order valence-corrected chi connectivity index (χ1v) is 8.98. The summed E-state index contributed by atoms with van der Waals surface area (Å²) in [6, 6.07) is 7.48. The molecule has 0 N–H and O–H groups in total. The Kier molecular flexibility index (Phi) is 4.84. The number of fused-ring (bicyclic) bond motifs is 1. The molecule has 0 saturated carbocycles. The highest BCUT2D eigenvalue weighted by Gasteiger charge is 2.14. The second kappa shape index (κ2) is 6.84. The van der Waals surface area contributed by atoms with Gasteiger partial charge in [0.05, 0.1) is 0 Å². The Morgan fingerprint density at radius 2 is 2.05 bits per heavy atom. The van der Waals surface area contributed by atoms with Crippen LogP contribution in [0.25, 0.3) is 11.0 Å². The maximum atomic E-state index is 11.7. The van der Waals surface area contributed by atoms with Gasteiger partial charge in [-0.3, -0.25) is 0 Å². The highest BCUT2D eigenvalue weighted by Crippen LogP contribution is 2.25. The van der Waals surface area contributed by atoms with E-state index in [9.17, 15) is 4.79 Å².